The summed E-state index contributed by atoms with van der Waals surface area (Å²) in [5.41, 5.74) is 2.58. The predicted molar refractivity (Wildman–Crippen MR) is 80.2 cm³/mol. The molecule has 0 amide bonds. The van der Waals surface area contributed by atoms with Gasteiger partial charge in [0.05, 0.1) is 6.61 Å². The average Bonchev–Trinajstić information content (AvgIpc) is 2.45. The summed E-state index contributed by atoms with van der Waals surface area (Å²) < 4.78 is 18.7. The van der Waals surface area contributed by atoms with Crippen molar-refractivity contribution in [2.75, 3.05) is 13.7 Å². The van der Waals surface area contributed by atoms with Crippen LogP contribution in [-0.4, -0.2) is 18.8 Å². The molecule has 0 aliphatic carbocycles. The van der Waals surface area contributed by atoms with E-state index in [4.69, 9.17) is 4.74 Å². The Morgan fingerprint density at radius 3 is 2.50 bits per heavy atom. The van der Waals surface area contributed by atoms with Crippen LogP contribution < -0.4 is 0 Å². The van der Waals surface area contributed by atoms with Crippen LogP contribution in [0.4, 0.5) is 4.39 Å². The molecule has 1 N–H and O–H groups in total. The van der Waals surface area contributed by atoms with E-state index in [1.165, 1.54) is 12.1 Å². The topological polar surface area (TPSA) is 29.5 Å². The Hall–Kier alpha value is -1.23. The van der Waals surface area contributed by atoms with Gasteiger partial charge in [-0.3, -0.25) is 0 Å². The molecule has 0 aromatic heterocycles. The maximum atomic E-state index is 13.1. The van der Waals surface area contributed by atoms with Crippen molar-refractivity contribution in [2.45, 2.75) is 12.5 Å². The summed E-state index contributed by atoms with van der Waals surface area (Å²) in [5, 5.41) is 10.4. The second-order valence-corrected chi connectivity index (χ2v) is 5.41. The average molecular weight is 339 g/mol. The molecule has 106 valence electrons. The van der Waals surface area contributed by atoms with Crippen LogP contribution in [0.25, 0.3) is 0 Å². The van der Waals surface area contributed by atoms with Crippen LogP contribution in [0.3, 0.4) is 0 Å². The highest BCUT2D eigenvalue weighted by Gasteiger charge is 2.14. The van der Waals surface area contributed by atoms with Crippen molar-refractivity contribution >= 4 is 15.9 Å². The van der Waals surface area contributed by atoms with Gasteiger partial charge in [-0.1, -0.05) is 46.3 Å². The molecule has 0 heterocycles. The van der Waals surface area contributed by atoms with Crippen LogP contribution in [0.2, 0.25) is 0 Å². The minimum Gasteiger partial charge on any atom is -0.384 e. The summed E-state index contributed by atoms with van der Waals surface area (Å²) in [5.74, 6) is -0.331. The number of aliphatic hydroxyl groups is 1. The number of halogens is 2. The lowest BCUT2D eigenvalue weighted by Gasteiger charge is -2.14. The minimum atomic E-state index is -0.776. The molecule has 2 aromatic carbocycles. The lowest BCUT2D eigenvalue weighted by molar-refractivity contribution is 0.202. The van der Waals surface area contributed by atoms with Crippen LogP contribution in [-0.2, 0) is 11.2 Å². The number of rotatable bonds is 5. The molecule has 4 heteroatoms. The Morgan fingerprint density at radius 1 is 1.20 bits per heavy atom. The van der Waals surface area contributed by atoms with Crippen molar-refractivity contribution in [3.63, 3.8) is 0 Å². The van der Waals surface area contributed by atoms with Crippen LogP contribution >= 0.6 is 15.9 Å². The van der Waals surface area contributed by atoms with Crippen LogP contribution in [0.5, 0.6) is 0 Å². The Morgan fingerprint density at radius 2 is 1.90 bits per heavy atom. The number of hydrogen-bond donors (Lipinski definition) is 1. The third kappa shape index (κ3) is 3.66. The highest BCUT2D eigenvalue weighted by molar-refractivity contribution is 9.10. The molecule has 2 nitrogen and oxygen atoms in total. The van der Waals surface area contributed by atoms with Gasteiger partial charge in [-0.25, -0.2) is 4.39 Å². The first-order chi connectivity index (χ1) is 9.61. The molecule has 0 aliphatic heterocycles. The largest absolute Gasteiger partial charge is 0.384 e. The monoisotopic (exact) mass is 338 g/mol. The Bertz CT molecular complexity index is 569. The molecule has 0 aliphatic rings. The first-order valence-electron chi connectivity index (χ1n) is 6.32. The van der Waals surface area contributed by atoms with Gasteiger partial charge in [-0.15, -0.1) is 0 Å². The van der Waals surface area contributed by atoms with Crippen LogP contribution in [0, 0.1) is 5.82 Å². The van der Waals surface area contributed by atoms with E-state index in [0.717, 1.165) is 17.5 Å². The van der Waals surface area contributed by atoms with Crippen molar-refractivity contribution in [3.05, 3.63) is 69.4 Å². The predicted octanol–water partition coefficient (Wildman–Crippen LogP) is 3.86. The summed E-state index contributed by atoms with van der Waals surface area (Å²) in [6, 6.07) is 12.0. The lowest BCUT2D eigenvalue weighted by Crippen LogP contribution is -2.02. The lowest BCUT2D eigenvalue weighted by atomic mass is 10.00. The highest BCUT2D eigenvalue weighted by atomic mass is 79.9. The summed E-state index contributed by atoms with van der Waals surface area (Å²) in [6.45, 7) is 0.672. The molecular weight excluding hydrogens is 323 g/mol. The summed E-state index contributed by atoms with van der Waals surface area (Å²) in [6.07, 6.45) is 0.0640. The van der Waals surface area contributed by atoms with E-state index >= 15 is 0 Å². The molecule has 0 saturated heterocycles. The van der Waals surface area contributed by atoms with Gasteiger partial charge in [0.1, 0.15) is 11.9 Å². The van der Waals surface area contributed by atoms with E-state index in [1.807, 2.05) is 24.3 Å². The third-order valence-electron chi connectivity index (χ3n) is 3.15. The van der Waals surface area contributed by atoms with Crippen LogP contribution in [0.1, 0.15) is 22.8 Å². The van der Waals surface area contributed by atoms with Gasteiger partial charge in [0.25, 0.3) is 0 Å². The Kier molecular flexibility index (Phi) is 5.29. The van der Waals surface area contributed by atoms with Gasteiger partial charge in [0, 0.05) is 11.6 Å². The molecule has 0 saturated carbocycles. The smallest absolute Gasteiger partial charge is 0.124 e. The van der Waals surface area contributed by atoms with E-state index in [0.29, 0.717) is 16.6 Å². The number of hydrogen-bond acceptors (Lipinski definition) is 2. The second kappa shape index (κ2) is 6.97. The zero-order valence-corrected chi connectivity index (χ0v) is 12.7. The van der Waals surface area contributed by atoms with Crippen molar-refractivity contribution in [3.8, 4) is 0 Å². The van der Waals surface area contributed by atoms with Gasteiger partial charge in [0.2, 0.25) is 0 Å². The van der Waals surface area contributed by atoms with Gasteiger partial charge in [0.15, 0.2) is 0 Å². The van der Waals surface area contributed by atoms with Gasteiger partial charge >= 0.3 is 0 Å². The van der Waals surface area contributed by atoms with Gasteiger partial charge in [-0.2, -0.15) is 0 Å². The molecule has 20 heavy (non-hydrogen) atoms. The number of ether oxygens (including phenoxy) is 1. The minimum absolute atomic E-state index is 0.331. The molecule has 0 radical (unpaired) electrons. The molecule has 2 rings (SSSR count). The van der Waals surface area contributed by atoms with Crippen molar-refractivity contribution in [1.82, 2.24) is 0 Å². The molecule has 1 atom stereocenters. The summed E-state index contributed by atoms with van der Waals surface area (Å²) in [4.78, 5) is 0. The maximum Gasteiger partial charge on any atom is 0.124 e. The highest BCUT2D eigenvalue weighted by Crippen LogP contribution is 2.29. The summed E-state index contributed by atoms with van der Waals surface area (Å²) in [7, 11) is 1.67. The van der Waals surface area contributed by atoms with E-state index in [9.17, 15) is 9.50 Å². The van der Waals surface area contributed by atoms with Crippen molar-refractivity contribution in [1.29, 1.82) is 0 Å². The van der Waals surface area contributed by atoms with Crippen molar-refractivity contribution in [2.24, 2.45) is 0 Å². The zero-order valence-electron chi connectivity index (χ0n) is 11.1. The molecular formula is C16H16BrFO2. The molecule has 0 bridgehead atoms. The fourth-order valence-corrected chi connectivity index (χ4v) is 2.56. The third-order valence-corrected chi connectivity index (χ3v) is 3.83. The fourth-order valence-electron chi connectivity index (χ4n) is 1.99. The first kappa shape index (κ1) is 15.2. The number of benzene rings is 2. The fraction of sp³-hybridized carbons (Fsp3) is 0.250. The molecule has 2 aromatic rings. The summed E-state index contributed by atoms with van der Waals surface area (Å²) >= 11 is 3.28. The molecule has 0 spiro atoms. The van der Waals surface area contributed by atoms with Crippen LogP contribution in [0.15, 0.2) is 46.9 Å². The maximum absolute atomic E-state index is 13.1. The standard InChI is InChI=1S/C16H16BrFO2/c1-20-9-8-11-2-4-12(5-3-11)16(19)14-7-6-13(18)10-15(14)17/h2-7,10,16,19H,8-9H2,1H3. The van der Waals surface area contributed by atoms with E-state index in [-0.39, 0.29) is 5.82 Å². The Labute approximate surface area is 126 Å². The number of methoxy groups -OCH3 is 1. The van der Waals surface area contributed by atoms with Gasteiger partial charge < -0.3 is 9.84 Å². The van der Waals surface area contributed by atoms with Crippen molar-refractivity contribution < 1.29 is 14.2 Å². The molecule has 0 fully saturated rings. The van der Waals surface area contributed by atoms with Gasteiger partial charge in [-0.05, 0) is 35.2 Å². The van der Waals surface area contributed by atoms with E-state index < -0.39 is 6.10 Å². The van der Waals surface area contributed by atoms with E-state index in [1.54, 1.807) is 13.2 Å². The molecule has 1 unspecified atom stereocenters. The SMILES string of the molecule is COCCc1ccc(C(O)c2ccc(F)cc2Br)cc1. The van der Waals surface area contributed by atoms with E-state index in [2.05, 4.69) is 15.9 Å². The second-order valence-electron chi connectivity index (χ2n) is 4.55. The normalized spacial score (nSPS) is 12.4. The zero-order chi connectivity index (χ0) is 14.5. The quantitative estimate of drug-likeness (QED) is 0.896. The first-order valence-corrected chi connectivity index (χ1v) is 7.12. The number of aliphatic hydroxyl groups excluding tert-OH is 1. The Balaban J connectivity index is 2.18.